The van der Waals surface area contributed by atoms with E-state index in [0.29, 0.717) is 11.3 Å². The van der Waals surface area contributed by atoms with Gasteiger partial charge >= 0.3 is 5.97 Å². The van der Waals surface area contributed by atoms with Crippen LogP contribution in [-0.2, 0) is 6.54 Å². The predicted molar refractivity (Wildman–Crippen MR) is 76.5 cm³/mol. The molecule has 0 aromatic carbocycles. The summed E-state index contributed by atoms with van der Waals surface area (Å²) < 4.78 is 1.76. The van der Waals surface area contributed by atoms with Crippen molar-refractivity contribution in [1.82, 2.24) is 9.78 Å². The minimum Gasteiger partial charge on any atom is -0.478 e. The molecule has 4 heteroatoms. The van der Waals surface area contributed by atoms with Gasteiger partial charge < -0.3 is 5.11 Å². The summed E-state index contributed by atoms with van der Waals surface area (Å²) >= 11 is 0. The van der Waals surface area contributed by atoms with E-state index in [2.05, 4.69) is 12.0 Å². The van der Waals surface area contributed by atoms with Crippen LogP contribution in [0.4, 0.5) is 0 Å². The maximum Gasteiger partial charge on any atom is 0.339 e. The third kappa shape index (κ3) is 5.90. The smallest absolute Gasteiger partial charge is 0.339 e. The summed E-state index contributed by atoms with van der Waals surface area (Å²) in [6.45, 7) is 4.80. The monoisotopic (exact) mass is 266 g/mol. The number of carbonyl (C=O) groups is 1. The number of hydrogen-bond donors (Lipinski definition) is 1. The molecular formula is C15H26N2O2. The van der Waals surface area contributed by atoms with Crippen LogP contribution >= 0.6 is 0 Å². The SMILES string of the molecule is CCCCCCCCCCn1cc(C(=O)O)c(C)n1. The van der Waals surface area contributed by atoms with Gasteiger partial charge in [-0.15, -0.1) is 0 Å². The minimum absolute atomic E-state index is 0.319. The Kier molecular flexibility index (Phi) is 7.23. The molecule has 0 bridgehead atoms. The molecule has 1 aromatic rings. The van der Waals surface area contributed by atoms with Crippen molar-refractivity contribution in [3.63, 3.8) is 0 Å². The van der Waals surface area contributed by atoms with Crippen LogP contribution in [0, 0.1) is 6.92 Å². The molecule has 0 saturated heterocycles. The van der Waals surface area contributed by atoms with Crippen LogP contribution in [0.25, 0.3) is 0 Å². The highest BCUT2D eigenvalue weighted by Crippen LogP contribution is 2.10. The molecule has 1 rings (SSSR count). The fraction of sp³-hybridized carbons (Fsp3) is 0.733. The van der Waals surface area contributed by atoms with Crippen molar-refractivity contribution in [3.05, 3.63) is 17.5 Å². The Balaban J connectivity index is 2.12. The quantitative estimate of drug-likeness (QED) is 0.650. The van der Waals surface area contributed by atoms with Gasteiger partial charge in [0.15, 0.2) is 0 Å². The lowest BCUT2D eigenvalue weighted by Crippen LogP contribution is -1.99. The van der Waals surface area contributed by atoms with Crippen molar-refractivity contribution in [3.8, 4) is 0 Å². The molecule has 1 N–H and O–H groups in total. The molecule has 1 aromatic heterocycles. The first-order chi connectivity index (χ1) is 9.15. The standard InChI is InChI=1S/C15H26N2O2/c1-3-4-5-6-7-8-9-10-11-17-12-14(15(18)19)13(2)16-17/h12H,3-11H2,1-2H3,(H,18,19). The zero-order chi connectivity index (χ0) is 14.1. The molecule has 0 unspecified atom stereocenters. The summed E-state index contributed by atoms with van der Waals surface area (Å²) in [4.78, 5) is 10.9. The molecule has 108 valence electrons. The molecule has 0 radical (unpaired) electrons. The zero-order valence-electron chi connectivity index (χ0n) is 12.2. The second-order valence-electron chi connectivity index (χ2n) is 5.17. The van der Waals surface area contributed by atoms with Gasteiger partial charge in [0.05, 0.1) is 5.69 Å². The van der Waals surface area contributed by atoms with Gasteiger partial charge in [0.25, 0.3) is 0 Å². The van der Waals surface area contributed by atoms with Gasteiger partial charge in [0.2, 0.25) is 0 Å². The topological polar surface area (TPSA) is 55.1 Å². The Morgan fingerprint density at radius 1 is 1.16 bits per heavy atom. The number of carboxylic acid groups (broad SMARTS) is 1. The second kappa shape index (κ2) is 8.73. The number of carboxylic acids is 1. The average Bonchev–Trinajstić information content (AvgIpc) is 2.74. The zero-order valence-corrected chi connectivity index (χ0v) is 12.2. The molecule has 4 nitrogen and oxygen atoms in total. The van der Waals surface area contributed by atoms with Crippen LogP contribution in [0.3, 0.4) is 0 Å². The van der Waals surface area contributed by atoms with Gasteiger partial charge in [-0.05, 0) is 13.3 Å². The molecular weight excluding hydrogens is 240 g/mol. The van der Waals surface area contributed by atoms with Crippen LogP contribution < -0.4 is 0 Å². The predicted octanol–water partition coefficient (Wildman–Crippen LogP) is 4.03. The first kappa shape index (κ1) is 15.7. The highest BCUT2D eigenvalue weighted by atomic mass is 16.4. The van der Waals surface area contributed by atoms with Gasteiger partial charge in [-0.3, -0.25) is 4.68 Å². The number of rotatable bonds is 10. The number of nitrogens with zero attached hydrogens (tertiary/aromatic N) is 2. The van der Waals surface area contributed by atoms with E-state index in [9.17, 15) is 4.79 Å². The molecule has 0 aliphatic carbocycles. The van der Waals surface area contributed by atoms with Gasteiger partial charge in [0.1, 0.15) is 5.56 Å². The van der Waals surface area contributed by atoms with Gasteiger partial charge in [-0.25, -0.2) is 4.79 Å². The number of aromatic nitrogens is 2. The highest BCUT2D eigenvalue weighted by molar-refractivity contribution is 5.88. The lowest BCUT2D eigenvalue weighted by Gasteiger charge is -2.02. The van der Waals surface area contributed by atoms with Crippen molar-refractivity contribution in [1.29, 1.82) is 0 Å². The van der Waals surface area contributed by atoms with Crippen molar-refractivity contribution in [2.45, 2.75) is 71.8 Å². The summed E-state index contributed by atoms with van der Waals surface area (Å²) in [7, 11) is 0. The third-order valence-electron chi connectivity index (χ3n) is 3.42. The Bertz CT molecular complexity index is 385. The molecule has 0 aliphatic rings. The molecule has 19 heavy (non-hydrogen) atoms. The van der Waals surface area contributed by atoms with Gasteiger partial charge in [-0.1, -0.05) is 51.9 Å². The van der Waals surface area contributed by atoms with E-state index in [1.807, 2.05) is 0 Å². The first-order valence-electron chi connectivity index (χ1n) is 7.42. The van der Waals surface area contributed by atoms with E-state index in [4.69, 9.17) is 5.11 Å². The second-order valence-corrected chi connectivity index (χ2v) is 5.17. The van der Waals surface area contributed by atoms with Gasteiger partial charge in [-0.2, -0.15) is 5.10 Å². The molecule has 0 amide bonds. The average molecular weight is 266 g/mol. The number of hydrogen-bond acceptors (Lipinski definition) is 2. The Labute approximate surface area is 115 Å². The van der Waals surface area contributed by atoms with Crippen LogP contribution in [0.2, 0.25) is 0 Å². The molecule has 0 aliphatic heterocycles. The summed E-state index contributed by atoms with van der Waals surface area (Å²) in [6.07, 6.45) is 11.9. The summed E-state index contributed by atoms with van der Waals surface area (Å²) in [5, 5.41) is 13.2. The van der Waals surface area contributed by atoms with Crippen molar-refractivity contribution < 1.29 is 9.90 Å². The largest absolute Gasteiger partial charge is 0.478 e. The van der Waals surface area contributed by atoms with Crippen LogP contribution in [-0.4, -0.2) is 20.9 Å². The fourth-order valence-corrected chi connectivity index (χ4v) is 2.25. The van der Waals surface area contributed by atoms with Crippen LogP contribution in [0.5, 0.6) is 0 Å². The van der Waals surface area contributed by atoms with Crippen molar-refractivity contribution >= 4 is 5.97 Å². The van der Waals surface area contributed by atoms with Crippen LogP contribution in [0.15, 0.2) is 6.20 Å². The van der Waals surface area contributed by atoms with Crippen molar-refractivity contribution in [2.24, 2.45) is 0 Å². The van der Waals surface area contributed by atoms with E-state index in [0.717, 1.165) is 13.0 Å². The molecule has 0 spiro atoms. The fourth-order valence-electron chi connectivity index (χ4n) is 2.25. The lowest BCUT2D eigenvalue weighted by atomic mass is 10.1. The summed E-state index contributed by atoms with van der Waals surface area (Å²) in [5.74, 6) is -0.889. The van der Waals surface area contributed by atoms with Crippen molar-refractivity contribution in [2.75, 3.05) is 0 Å². The van der Waals surface area contributed by atoms with E-state index in [1.165, 1.54) is 44.9 Å². The number of unbranched alkanes of at least 4 members (excludes halogenated alkanes) is 7. The summed E-state index contributed by atoms with van der Waals surface area (Å²) in [6, 6.07) is 0. The number of aromatic carboxylic acids is 1. The molecule has 0 fully saturated rings. The maximum absolute atomic E-state index is 10.9. The van der Waals surface area contributed by atoms with Crippen LogP contribution in [0.1, 0.15) is 74.3 Å². The Hall–Kier alpha value is -1.32. The highest BCUT2D eigenvalue weighted by Gasteiger charge is 2.10. The van der Waals surface area contributed by atoms with E-state index in [-0.39, 0.29) is 0 Å². The maximum atomic E-state index is 10.9. The van der Waals surface area contributed by atoms with E-state index >= 15 is 0 Å². The normalized spacial score (nSPS) is 10.8. The Morgan fingerprint density at radius 3 is 2.26 bits per heavy atom. The first-order valence-corrected chi connectivity index (χ1v) is 7.42. The Morgan fingerprint density at radius 2 is 1.74 bits per heavy atom. The minimum atomic E-state index is -0.889. The van der Waals surface area contributed by atoms with Gasteiger partial charge in [0, 0.05) is 12.7 Å². The third-order valence-corrected chi connectivity index (χ3v) is 3.42. The molecule has 1 heterocycles. The molecule has 0 atom stereocenters. The van der Waals surface area contributed by atoms with E-state index < -0.39 is 5.97 Å². The van der Waals surface area contributed by atoms with E-state index in [1.54, 1.807) is 17.8 Å². The molecule has 0 saturated carbocycles. The lowest BCUT2D eigenvalue weighted by molar-refractivity contribution is 0.0696. The number of aryl methyl sites for hydroxylation is 2. The summed E-state index contributed by atoms with van der Waals surface area (Å²) in [5.41, 5.74) is 0.923.